The van der Waals surface area contributed by atoms with Crippen molar-refractivity contribution < 1.29 is 8.42 Å². The van der Waals surface area contributed by atoms with Gasteiger partial charge in [0, 0.05) is 17.2 Å². The molecule has 1 atom stereocenters. The molecule has 1 aliphatic heterocycles. The van der Waals surface area contributed by atoms with E-state index < -0.39 is 9.84 Å². The normalized spacial score (nSPS) is 22.6. The van der Waals surface area contributed by atoms with Crippen LogP contribution in [0.15, 0.2) is 21.2 Å². The fourth-order valence-electron chi connectivity index (χ4n) is 1.82. The summed E-state index contributed by atoms with van der Waals surface area (Å²) >= 11 is 6.73. The smallest absolute Gasteiger partial charge is 0.150 e. The summed E-state index contributed by atoms with van der Waals surface area (Å²) < 4.78 is 24.4. The summed E-state index contributed by atoms with van der Waals surface area (Å²) in [5, 5.41) is 3.18. The van der Waals surface area contributed by atoms with Crippen molar-refractivity contribution >= 4 is 47.5 Å². The van der Waals surface area contributed by atoms with Gasteiger partial charge in [-0.1, -0.05) is 0 Å². The number of nitrogens with zero attached hydrogens (tertiary/aromatic N) is 1. The summed E-state index contributed by atoms with van der Waals surface area (Å²) in [7, 11) is -2.80. The van der Waals surface area contributed by atoms with E-state index in [1.165, 1.54) is 0 Å². The molecule has 0 saturated carbocycles. The van der Waals surface area contributed by atoms with Crippen molar-refractivity contribution in [2.75, 3.05) is 23.4 Å². The average molecular weight is 384 g/mol. The SMILES string of the molecule is O=S1(=O)CCC(CNc2ncc(Br)cc2Br)C1. The molecule has 0 amide bonds. The van der Waals surface area contributed by atoms with Crippen molar-refractivity contribution in [3.63, 3.8) is 0 Å². The van der Waals surface area contributed by atoms with Crippen LogP contribution in [0.1, 0.15) is 6.42 Å². The first-order valence-corrected chi connectivity index (χ1v) is 8.62. The third-order valence-corrected chi connectivity index (χ3v) is 5.57. The summed E-state index contributed by atoms with van der Waals surface area (Å²) in [4.78, 5) is 4.22. The van der Waals surface area contributed by atoms with Crippen molar-refractivity contribution in [2.45, 2.75) is 6.42 Å². The average Bonchev–Trinajstić information content (AvgIpc) is 2.57. The second-order valence-corrected chi connectivity index (χ2v) is 8.13. The van der Waals surface area contributed by atoms with Crippen LogP contribution in [0.4, 0.5) is 5.82 Å². The molecule has 1 N–H and O–H groups in total. The van der Waals surface area contributed by atoms with Crippen LogP contribution in [-0.2, 0) is 9.84 Å². The van der Waals surface area contributed by atoms with Gasteiger partial charge in [-0.3, -0.25) is 0 Å². The number of halogens is 2. The molecule has 1 unspecified atom stereocenters. The number of anilines is 1. The van der Waals surface area contributed by atoms with Crippen LogP contribution in [0, 0.1) is 5.92 Å². The quantitative estimate of drug-likeness (QED) is 0.870. The van der Waals surface area contributed by atoms with E-state index in [9.17, 15) is 8.42 Å². The summed E-state index contributed by atoms with van der Waals surface area (Å²) in [6.45, 7) is 0.645. The van der Waals surface area contributed by atoms with Gasteiger partial charge in [0.25, 0.3) is 0 Å². The fourth-order valence-corrected chi connectivity index (χ4v) is 4.81. The highest BCUT2D eigenvalue weighted by atomic mass is 79.9. The molecule has 0 aromatic carbocycles. The molecular formula is C10H12Br2N2O2S. The van der Waals surface area contributed by atoms with Gasteiger partial charge in [0.1, 0.15) is 5.82 Å². The number of hydrogen-bond donors (Lipinski definition) is 1. The van der Waals surface area contributed by atoms with E-state index in [-0.39, 0.29) is 11.7 Å². The topological polar surface area (TPSA) is 59.1 Å². The Morgan fingerprint density at radius 1 is 1.47 bits per heavy atom. The molecule has 0 bridgehead atoms. The van der Waals surface area contributed by atoms with Gasteiger partial charge in [-0.25, -0.2) is 13.4 Å². The number of pyridine rings is 1. The fraction of sp³-hybridized carbons (Fsp3) is 0.500. The zero-order valence-electron chi connectivity index (χ0n) is 8.99. The van der Waals surface area contributed by atoms with Gasteiger partial charge in [-0.05, 0) is 50.3 Å². The van der Waals surface area contributed by atoms with Gasteiger partial charge in [0.05, 0.1) is 16.0 Å². The molecule has 1 aromatic rings. The van der Waals surface area contributed by atoms with E-state index in [1.807, 2.05) is 6.07 Å². The lowest BCUT2D eigenvalue weighted by Crippen LogP contribution is -2.16. The second-order valence-electron chi connectivity index (χ2n) is 4.13. The van der Waals surface area contributed by atoms with Crippen molar-refractivity contribution in [3.05, 3.63) is 21.2 Å². The maximum atomic E-state index is 11.3. The molecule has 17 heavy (non-hydrogen) atoms. The van der Waals surface area contributed by atoms with Crippen LogP contribution in [0.2, 0.25) is 0 Å². The molecule has 94 valence electrons. The molecule has 0 spiro atoms. The zero-order valence-corrected chi connectivity index (χ0v) is 13.0. The molecule has 0 radical (unpaired) electrons. The maximum absolute atomic E-state index is 11.3. The number of aromatic nitrogens is 1. The summed E-state index contributed by atoms with van der Waals surface area (Å²) in [5.41, 5.74) is 0. The maximum Gasteiger partial charge on any atom is 0.150 e. The lowest BCUT2D eigenvalue weighted by Gasteiger charge is -2.11. The molecule has 1 aromatic heterocycles. The molecule has 4 nitrogen and oxygen atoms in total. The minimum atomic E-state index is -2.80. The number of nitrogens with one attached hydrogen (secondary N) is 1. The van der Waals surface area contributed by atoms with Crippen LogP contribution in [0.25, 0.3) is 0 Å². The van der Waals surface area contributed by atoms with E-state index in [0.29, 0.717) is 12.3 Å². The van der Waals surface area contributed by atoms with Gasteiger partial charge < -0.3 is 5.32 Å². The standard InChI is InChI=1S/C10H12Br2N2O2S/c11-8-3-9(12)10(14-5-8)13-4-7-1-2-17(15,16)6-7/h3,5,7H,1-2,4,6H2,(H,13,14). The van der Waals surface area contributed by atoms with E-state index in [4.69, 9.17) is 0 Å². The summed E-state index contributed by atoms with van der Waals surface area (Å²) in [6.07, 6.45) is 2.45. The summed E-state index contributed by atoms with van der Waals surface area (Å²) in [6, 6.07) is 1.90. The first-order valence-electron chi connectivity index (χ1n) is 5.21. The van der Waals surface area contributed by atoms with E-state index in [2.05, 4.69) is 42.2 Å². The van der Waals surface area contributed by atoms with E-state index in [1.54, 1.807) is 6.20 Å². The van der Waals surface area contributed by atoms with Gasteiger partial charge in [0.2, 0.25) is 0 Å². The molecule has 2 rings (SSSR count). The van der Waals surface area contributed by atoms with Crippen molar-refractivity contribution in [2.24, 2.45) is 5.92 Å². The first-order chi connectivity index (χ1) is 7.96. The third kappa shape index (κ3) is 3.66. The second kappa shape index (κ2) is 5.24. The lowest BCUT2D eigenvalue weighted by atomic mass is 10.1. The Hall–Kier alpha value is -0.140. The van der Waals surface area contributed by atoms with Gasteiger partial charge in [0.15, 0.2) is 9.84 Å². The minimum absolute atomic E-state index is 0.192. The predicted molar refractivity (Wildman–Crippen MR) is 74.9 cm³/mol. The summed E-state index contributed by atoms with van der Waals surface area (Å²) in [5.74, 6) is 1.54. The minimum Gasteiger partial charge on any atom is -0.369 e. The Morgan fingerprint density at radius 3 is 2.82 bits per heavy atom. The van der Waals surface area contributed by atoms with Crippen LogP contribution >= 0.6 is 31.9 Å². The van der Waals surface area contributed by atoms with Crippen LogP contribution in [0.3, 0.4) is 0 Å². The Kier molecular flexibility index (Phi) is 4.10. The molecule has 1 fully saturated rings. The van der Waals surface area contributed by atoms with Gasteiger partial charge >= 0.3 is 0 Å². The molecule has 1 saturated heterocycles. The highest BCUT2D eigenvalue weighted by Gasteiger charge is 2.27. The van der Waals surface area contributed by atoms with Crippen LogP contribution in [0.5, 0.6) is 0 Å². The van der Waals surface area contributed by atoms with Gasteiger partial charge in [-0.2, -0.15) is 0 Å². The zero-order chi connectivity index (χ0) is 12.5. The molecule has 1 aliphatic rings. The van der Waals surface area contributed by atoms with Crippen molar-refractivity contribution in [1.29, 1.82) is 0 Å². The van der Waals surface area contributed by atoms with Crippen molar-refractivity contribution in [1.82, 2.24) is 4.98 Å². The van der Waals surface area contributed by atoms with E-state index >= 15 is 0 Å². The first kappa shape index (κ1) is 13.3. The van der Waals surface area contributed by atoms with Crippen molar-refractivity contribution in [3.8, 4) is 0 Å². The molecule has 0 aliphatic carbocycles. The number of sulfone groups is 1. The van der Waals surface area contributed by atoms with Crippen LogP contribution < -0.4 is 5.32 Å². The molecule has 7 heteroatoms. The highest BCUT2D eigenvalue weighted by molar-refractivity contribution is 9.11. The Morgan fingerprint density at radius 2 is 2.24 bits per heavy atom. The highest BCUT2D eigenvalue weighted by Crippen LogP contribution is 2.25. The Balaban J connectivity index is 1.95. The Labute approximate surface area is 117 Å². The lowest BCUT2D eigenvalue weighted by molar-refractivity contribution is 0.595. The van der Waals surface area contributed by atoms with Gasteiger partial charge in [-0.15, -0.1) is 0 Å². The third-order valence-electron chi connectivity index (χ3n) is 2.69. The molecule has 2 heterocycles. The largest absolute Gasteiger partial charge is 0.369 e. The molecular weight excluding hydrogens is 372 g/mol. The van der Waals surface area contributed by atoms with E-state index in [0.717, 1.165) is 21.2 Å². The number of hydrogen-bond acceptors (Lipinski definition) is 4. The monoisotopic (exact) mass is 382 g/mol. The number of rotatable bonds is 3. The van der Waals surface area contributed by atoms with Crippen LogP contribution in [-0.4, -0.2) is 31.5 Å². The Bertz CT molecular complexity index is 519. The predicted octanol–water partition coefficient (Wildman–Crippen LogP) is 2.45.